The minimum Gasteiger partial charge on any atom is -0.464 e. The van der Waals surface area contributed by atoms with E-state index in [1.165, 1.54) is 6.07 Å². The molecule has 1 aromatic rings. The summed E-state index contributed by atoms with van der Waals surface area (Å²) in [5.41, 5.74) is 0.974. The first kappa shape index (κ1) is 15.2. The SMILES string of the molecule is CCOC(=O)C(O)C(O)c1ccc(Cl)c(CCl)c1. The molecule has 0 radical (unpaired) electrons. The van der Waals surface area contributed by atoms with Gasteiger partial charge in [-0.05, 0) is 24.1 Å². The van der Waals surface area contributed by atoms with Crippen LogP contribution in [0.1, 0.15) is 24.2 Å². The summed E-state index contributed by atoms with van der Waals surface area (Å²) in [7, 11) is 0. The molecule has 100 valence electrons. The minimum atomic E-state index is -1.63. The van der Waals surface area contributed by atoms with Crippen LogP contribution in [0.3, 0.4) is 0 Å². The lowest BCUT2D eigenvalue weighted by molar-refractivity contribution is -0.159. The number of halogens is 2. The van der Waals surface area contributed by atoms with Gasteiger partial charge in [-0.1, -0.05) is 23.7 Å². The average molecular weight is 293 g/mol. The van der Waals surface area contributed by atoms with Gasteiger partial charge in [0.05, 0.1) is 6.61 Å². The number of aliphatic hydroxyl groups is 2. The first-order valence-electron chi connectivity index (χ1n) is 5.38. The molecule has 6 heteroatoms. The van der Waals surface area contributed by atoms with Crippen LogP contribution in [0.2, 0.25) is 5.02 Å². The largest absolute Gasteiger partial charge is 0.464 e. The number of alkyl halides is 1. The van der Waals surface area contributed by atoms with E-state index >= 15 is 0 Å². The van der Waals surface area contributed by atoms with Crippen molar-refractivity contribution < 1.29 is 19.7 Å². The first-order valence-corrected chi connectivity index (χ1v) is 6.29. The van der Waals surface area contributed by atoms with E-state index < -0.39 is 18.2 Å². The van der Waals surface area contributed by atoms with Crippen molar-refractivity contribution in [2.75, 3.05) is 6.61 Å². The van der Waals surface area contributed by atoms with Crippen LogP contribution < -0.4 is 0 Å². The number of esters is 1. The van der Waals surface area contributed by atoms with Crippen LogP contribution >= 0.6 is 23.2 Å². The van der Waals surface area contributed by atoms with Crippen molar-refractivity contribution in [3.8, 4) is 0 Å². The second-order valence-corrected chi connectivity index (χ2v) is 4.30. The summed E-state index contributed by atoms with van der Waals surface area (Å²) >= 11 is 11.6. The second-order valence-electron chi connectivity index (χ2n) is 3.63. The van der Waals surface area contributed by atoms with E-state index in [4.69, 9.17) is 23.2 Å². The fourth-order valence-corrected chi connectivity index (χ4v) is 1.89. The summed E-state index contributed by atoms with van der Waals surface area (Å²) in [5, 5.41) is 19.9. The molecule has 0 amide bonds. The summed E-state index contributed by atoms with van der Waals surface area (Å²) in [4.78, 5) is 11.3. The van der Waals surface area contributed by atoms with Gasteiger partial charge in [-0.15, -0.1) is 11.6 Å². The minimum absolute atomic E-state index is 0.135. The summed E-state index contributed by atoms with van der Waals surface area (Å²) in [6, 6.07) is 4.61. The number of aliphatic hydroxyl groups excluding tert-OH is 2. The Bertz CT molecular complexity index is 423. The Kier molecular flexibility index (Phi) is 5.88. The Balaban J connectivity index is 2.89. The molecule has 0 spiro atoms. The van der Waals surface area contributed by atoms with E-state index in [0.29, 0.717) is 16.1 Å². The van der Waals surface area contributed by atoms with Crippen molar-refractivity contribution in [3.05, 3.63) is 34.3 Å². The van der Waals surface area contributed by atoms with E-state index in [0.717, 1.165) is 0 Å². The van der Waals surface area contributed by atoms with Gasteiger partial charge in [-0.25, -0.2) is 4.79 Å². The summed E-state index contributed by atoms with van der Waals surface area (Å²) in [6.45, 7) is 1.75. The highest BCUT2D eigenvalue weighted by Crippen LogP contribution is 2.25. The van der Waals surface area contributed by atoms with Crippen molar-refractivity contribution in [1.29, 1.82) is 0 Å². The molecule has 0 fully saturated rings. The Labute approximate surface area is 115 Å². The topological polar surface area (TPSA) is 66.8 Å². The van der Waals surface area contributed by atoms with Crippen LogP contribution in [0.25, 0.3) is 0 Å². The molecule has 0 aromatic heterocycles. The monoisotopic (exact) mass is 292 g/mol. The average Bonchev–Trinajstić information content (AvgIpc) is 2.38. The number of carbonyl (C=O) groups excluding carboxylic acids is 1. The predicted molar refractivity (Wildman–Crippen MR) is 68.6 cm³/mol. The molecule has 4 nitrogen and oxygen atoms in total. The lowest BCUT2D eigenvalue weighted by Crippen LogP contribution is -2.29. The second kappa shape index (κ2) is 6.95. The highest BCUT2D eigenvalue weighted by molar-refractivity contribution is 6.32. The van der Waals surface area contributed by atoms with Crippen LogP contribution in [0.15, 0.2) is 18.2 Å². The number of hydrogen-bond acceptors (Lipinski definition) is 4. The van der Waals surface area contributed by atoms with Gasteiger partial charge in [0.1, 0.15) is 6.10 Å². The molecule has 0 saturated carbocycles. The zero-order valence-corrected chi connectivity index (χ0v) is 11.3. The summed E-state index contributed by atoms with van der Waals surface area (Å²) in [5.74, 6) is -0.693. The van der Waals surface area contributed by atoms with Crippen LogP contribution in [0.5, 0.6) is 0 Å². The van der Waals surface area contributed by atoms with Gasteiger partial charge in [0.25, 0.3) is 0 Å². The van der Waals surface area contributed by atoms with E-state index in [1.807, 2.05) is 0 Å². The van der Waals surface area contributed by atoms with Gasteiger partial charge in [-0.2, -0.15) is 0 Å². The predicted octanol–water partition coefficient (Wildman–Crippen LogP) is 2.04. The lowest BCUT2D eigenvalue weighted by Gasteiger charge is -2.17. The van der Waals surface area contributed by atoms with Crippen molar-refractivity contribution >= 4 is 29.2 Å². The van der Waals surface area contributed by atoms with Crippen molar-refractivity contribution in [2.45, 2.75) is 25.0 Å². The maximum absolute atomic E-state index is 11.3. The van der Waals surface area contributed by atoms with Crippen molar-refractivity contribution in [1.82, 2.24) is 0 Å². The van der Waals surface area contributed by atoms with Crippen LogP contribution in [-0.2, 0) is 15.4 Å². The fourth-order valence-electron chi connectivity index (χ4n) is 1.42. The molecule has 0 aliphatic carbocycles. The van der Waals surface area contributed by atoms with Gasteiger partial charge in [0.2, 0.25) is 0 Å². The smallest absolute Gasteiger partial charge is 0.338 e. The Hall–Kier alpha value is -0.810. The summed E-state index contributed by atoms with van der Waals surface area (Å²) in [6.07, 6.45) is -3.00. The van der Waals surface area contributed by atoms with Gasteiger partial charge < -0.3 is 14.9 Å². The molecule has 2 atom stereocenters. The van der Waals surface area contributed by atoms with Gasteiger partial charge >= 0.3 is 5.97 Å². The molecular formula is C12H14Cl2O4. The Morgan fingerprint density at radius 2 is 2.11 bits per heavy atom. The molecule has 0 aliphatic heterocycles. The highest BCUT2D eigenvalue weighted by Gasteiger charge is 2.27. The first-order chi connectivity index (χ1) is 8.51. The van der Waals surface area contributed by atoms with Gasteiger partial charge in [-0.3, -0.25) is 0 Å². The fraction of sp³-hybridized carbons (Fsp3) is 0.417. The molecule has 1 aromatic carbocycles. The maximum atomic E-state index is 11.3. The number of ether oxygens (including phenoxy) is 1. The third-order valence-electron chi connectivity index (χ3n) is 2.38. The van der Waals surface area contributed by atoms with Crippen LogP contribution in [0.4, 0.5) is 0 Å². The Morgan fingerprint density at radius 1 is 1.44 bits per heavy atom. The maximum Gasteiger partial charge on any atom is 0.338 e. The Morgan fingerprint density at radius 3 is 2.67 bits per heavy atom. The highest BCUT2D eigenvalue weighted by atomic mass is 35.5. The van der Waals surface area contributed by atoms with Gasteiger partial charge in [0.15, 0.2) is 6.10 Å². The van der Waals surface area contributed by atoms with Crippen LogP contribution in [0, 0.1) is 0 Å². The zero-order chi connectivity index (χ0) is 13.7. The zero-order valence-electron chi connectivity index (χ0n) is 9.77. The van der Waals surface area contributed by atoms with E-state index in [9.17, 15) is 15.0 Å². The molecule has 0 bridgehead atoms. The van der Waals surface area contributed by atoms with Crippen molar-refractivity contribution in [2.24, 2.45) is 0 Å². The third-order valence-corrected chi connectivity index (χ3v) is 3.04. The van der Waals surface area contributed by atoms with E-state index in [-0.39, 0.29) is 12.5 Å². The molecule has 2 unspecified atom stereocenters. The van der Waals surface area contributed by atoms with E-state index in [1.54, 1.807) is 19.1 Å². The van der Waals surface area contributed by atoms with E-state index in [2.05, 4.69) is 4.74 Å². The summed E-state index contributed by atoms with van der Waals surface area (Å²) < 4.78 is 4.63. The normalized spacial score (nSPS) is 14.1. The molecular weight excluding hydrogens is 279 g/mol. The molecule has 1 rings (SSSR count). The number of rotatable bonds is 5. The molecule has 2 N–H and O–H groups in total. The lowest BCUT2D eigenvalue weighted by atomic mass is 10.0. The van der Waals surface area contributed by atoms with Gasteiger partial charge in [0, 0.05) is 10.9 Å². The van der Waals surface area contributed by atoms with Crippen LogP contribution in [-0.4, -0.2) is 28.9 Å². The number of benzene rings is 1. The molecule has 0 saturated heterocycles. The third kappa shape index (κ3) is 3.59. The molecule has 0 heterocycles. The molecule has 0 aliphatic rings. The number of carbonyl (C=O) groups is 1. The molecule has 18 heavy (non-hydrogen) atoms. The number of hydrogen-bond donors (Lipinski definition) is 2. The quantitative estimate of drug-likeness (QED) is 0.644. The standard InChI is InChI=1S/C12H14Cl2O4/c1-2-18-12(17)11(16)10(15)7-3-4-9(14)8(5-7)6-13/h3-5,10-11,15-16H,2,6H2,1H3. The van der Waals surface area contributed by atoms with Crippen molar-refractivity contribution in [3.63, 3.8) is 0 Å².